The van der Waals surface area contributed by atoms with Crippen LogP contribution in [-0.2, 0) is 21.0 Å². The van der Waals surface area contributed by atoms with Gasteiger partial charge in [0, 0.05) is 0 Å². The van der Waals surface area contributed by atoms with Gasteiger partial charge >= 0.3 is 12.1 Å². The van der Waals surface area contributed by atoms with E-state index in [4.69, 9.17) is 29.9 Å². The fourth-order valence-corrected chi connectivity index (χ4v) is 1.79. The number of ether oxygens (including phenoxy) is 3. The summed E-state index contributed by atoms with van der Waals surface area (Å²) in [6.45, 7) is -0.584. The van der Waals surface area contributed by atoms with Crippen LogP contribution in [0, 0.1) is 10.1 Å². The highest BCUT2D eigenvalue weighted by Crippen LogP contribution is 2.34. The minimum absolute atomic E-state index is 0.0310. The van der Waals surface area contributed by atoms with Crippen LogP contribution in [0.2, 0.25) is 0 Å². The summed E-state index contributed by atoms with van der Waals surface area (Å²) in [7, 11) is 2.69. The van der Waals surface area contributed by atoms with Crippen LogP contribution in [0.1, 0.15) is 12.0 Å². The van der Waals surface area contributed by atoms with E-state index in [1.165, 1.54) is 20.3 Å². The first-order chi connectivity index (χ1) is 12.3. The third-order valence-electron chi connectivity index (χ3n) is 3.14. The van der Waals surface area contributed by atoms with E-state index >= 15 is 0 Å². The normalized spacial score (nSPS) is 11.3. The molecule has 0 aromatic heterocycles. The van der Waals surface area contributed by atoms with Crippen LogP contribution < -0.4 is 20.7 Å². The molecule has 1 rings (SSSR count). The van der Waals surface area contributed by atoms with Crippen molar-refractivity contribution in [1.82, 2.24) is 5.48 Å². The number of nitrogens with zero attached hydrogens (tertiary/aromatic N) is 1. The van der Waals surface area contributed by atoms with Gasteiger partial charge in [-0.15, -0.1) is 0 Å². The lowest BCUT2D eigenvalue weighted by atomic mass is 10.1. The van der Waals surface area contributed by atoms with E-state index in [1.54, 1.807) is 0 Å². The number of hydroxylamine groups is 1. The zero-order chi connectivity index (χ0) is 19.7. The molecule has 1 aromatic rings. The lowest BCUT2D eigenvalue weighted by Gasteiger charge is -2.11. The van der Waals surface area contributed by atoms with Crippen molar-refractivity contribution in [3.05, 3.63) is 27.8 Å². The Morgan fingerprint density at radius 1 is 1.31 bits per heavy atom. The van der Waals surface area contributed by atoms with Gasteiger partial charge in [-0.3, -0.25) is 19.7 Å². The zero-order valence-corrected chi connectivity index (χ0v) is 14.1. The SMILES string of the molecule is COc1cc(COC(=O)NOCCC(N)C(=O)O)c([N+](=O)[O-])cc1OC. The third-order valence-corrected chi connectivity index (χ3v) is 3.14. The van der Waals surface area contributed by atoms with Crippen molar-refractivity contribution in [2.24, 2.45) is 5.73 Å². The molecule has 0 saturated carbocycles. The summed E-state index contributed by atoms with van der Waals surface area (Å²) in [5, 5.41) is 19.7. The molecular weight excluding hydrogens is 354 g/mol. The van der Waals surface area contributed by atoms with Gasteiger partial charge in [-0.05, 0) is 12.5 Å². The van der Waals surface area contributed by atoms with Gasteiger partial charge in [0.05, 0.1) is 37.4 Å². The maximum Gasteiger partial charge on any atom is 0.431 e. The van der Waals surface area contributed by atoms with Gasteiger partial charge in [0.15, 0.2) is 11.5 Å². The molecule has 12 nitrogen and oxygen atoms in total. The van der Waals surface area contributed by atoms with Crippen molar-refractivity contribution >= 4 is 17.7 Å². The molecule has 1 amide bonds. The number of nitro benzene ring substituents is 1. The second-order valence-corrected chi connectivity index (χ2v) is 4.85. The van der Waals surface area contributed by atoms with E-state index in [0.717, 1.165) is 6.07 Å². The number of carbonyl (C=O) groups is 2. The second-order valence-electron chi connectivity index (χ2n) is 4.85. The number of amides is 1. The van der Waals surface area contributed by atoms with Crippen molar-refractivity contribution < 1.29 is 38.7 Å². The van der Waals surface area contributed by atoms with Crippen LogP contribution in [0.4, 0.5) is 10.5 Å². The van der Waals surface area contributed by atoms with Gasteiger partial charge < -0.3 is 25.1 Å². The highest BCUT2D eigenvalue weighted by Gasteiger charge is 2.20. The number of hydrogen-bond acceptors (Lipinski definition) is 9. The minimum Gasteiger partial charge on any atom is -0.493 e. The number of carboxylic acid groups (broad SMARTS) is 1. The quantitative estimate of drug-likeness (QED) is 0.299. The third kappa shape index (κ3) is 6.07. The molecule has 0 fully saturated rings. The van der Waals surface area contributed by atoms with Gasteiger partial charge in [-0.25, -0.2) is 4.79 Å². The monoisotopic (exact) mass is 373 g/mol. The molecule has 0 heterocycles. The number of methoxy groups -OCH3 is 2. The van der Waals surface area contributed by atoms with E-state index in [-0.39, 0.29) is 35.8 Å². The lowest BCUT2D eigenvalue weighted by Crippen LogP contribution is -2.33. The maximum atomic E-state index is 11.5. The van der Waals surface area contributed by atoms with Crippen LogP contribution in [0.5, 0.6) is 11.5 Å². The number of nitrogens with one attached hydrogen (secondary N) is 1. The first-order valence-electron chi connectivity index (χ1n) is 7.22. The Bertz CT molecular complexity index is 665. The maximum absolute atomic E-state index is 11.5. The summed E-state index contributed by atoms with van der Waals surface area (Å²) in [5.41, 5.74) is 6.93. The molecule has 144 valence electrons. The fraction of sp³-hybridized carbons (Fsp3) is 0.429. The number of carbonyl (C=O) groups excluding carboxylic acids is 1. The molecule has 12 heteroatoms. The Labute approximate surface area is 147 Å². The van der Waals surface area contributed by atoms with E-state index < -0.39 is 29.6 Å². The predicted molar refractivity (Wildman–Crippen MR) is 85.7 cm³/mol. The summed E-state index contributed by atoms with van der Waals surface area (Å²) in [6, 6.07) is 1.35. The average molecular weight is 373 g/mol. The summed E-state index contributed by atoms with van der Waals surface area (Å²) in [4.78, 5) is 37.2. The molecule has 1 aromatic carbocycles. The molecule has 1 unspecified atom stereocenters. The highest BCUT2D eigenvalue weighted by atomic mass is 16.7. The summed E-state index contributed by atoms with van der Waals surface area (Å²) in [6.07, 6.45) is -1.05. The number of nitro groups is 1. The Morgan fingerprint density at radius 3 is 2.46 bits per heavy atom. The number of benzene rings is 1. The average Bonchev–Trinajstić information content (AvgIpc) is 2.62. The van der Waals surface area contributed by atoms with Crippen LogP contribution in [0.25, 0.3) is 0 Å². The van der Waals surface area contributed by atoms with Crippen LogP contribution in [-0.4, -0.2) is 49.0 Å². The van der Waals surface area contributed by atoms with Crippen molar-refractivity contribution in [3.63, 3.8) is 0 Å². The second kappa shape index (κ2) is 10.0. The number of rotatable bonds is 10. The van der Waals surface area contributed by atoms with E-state index in [2.05, 4.69) is 0 Å². The topological polar surface area (TPSA) is 172 Å². The zero-order valence-electron chi connectivity index (χ0n) is 14.1. The van der Waals surface area contributed by atoms with Gasteiger partial charge in [0.2, 0.25) is 0 Å². The minimum atomic E-state index is -1.20. The Kier molecular flexibility index (Phi) is 8.05. The molecule has 4 N–H and O–H groups in total. The van der Waals surface area contributed by atoms with Gasteiger partial charge in [0.25, 0.3) is 5.69 Å². The van der Waals surface area contributed by atoms with E-state index in [9.17, 15) is 19.7 Å². The molecule has 1 atom stereocenters. The summed E-state index contributed by atoms with van der Waals surface area (Å²) < 4.78 is 14.9. The van der Waals surface area contributed by atoms with Crippen molar-refractivity contribution in [2.45, 2.75) is 19.1 Å². The number of hydrogen-bond donors (Lipinski definition) is 3. The molecule has 0 aliphatic heterocycles. The highest BCUT2D eigenvalue weighted by molar-refractivity contribution is 5.73. The van der Waals surface area contributed by atoms with Crippen molar-refractivity contribution in [1.29, 1.82) is 0 Å². The summed E-state index contributed by atoms with van der Waals surface area (Å²) >= 11 is 0. The molecule has 0 radical (unpaired) electrons. The summed E-state index contributed by atoms with van der Waals surface area (Å²) in [5.74, 6) is -0.807. The number of nitrogens with two attached hydrogens (primary N) is 1. The number of aliphatic carboxylic acids is 1. The first-order valence-corrected chi connectivity index (χ1v) is 7.22. The smallest absolute Gasteiger partial charge is 0.431 e. The fourth-order valence-electron chi connectivity index (χ4n) is 1.79. The van der Waals surface area contributed by atoms with Gasteiger partial charge in [-0.2, -0.15) is 5.48 Å². The molecule has 26 heavy (non-hydrogen) atoms. The lowest BCUT2D eigenvalue weighted by molar-refractivity contribution is -0.385. The Balaban J connectivity index is 2.61. The Hall–Kier alpha value is -3.12. The molecule has 0 aliphatic carbocycles. The molecule has 0 aliphatic rings. The van der Waals surface area contributed by atoms with Crippen LogP contribution >= 0.6 is 0 Å². The molecule has 0 saturated heterocycles. The van der Waals surface area contributed by atoms with Gasteiger partial charge in [0.1, 0.15) is 12.6 Å². The van der Waals surface area contributed by atoms with Crippen LogP contribution in [0.3, 0.4) is 0 Å². The predicted octanol–water partition coefficient (Wildman–Crippen LogP) is 0.572. The largest absolute Gasteiger partial charge is 0.493 e. The van der Waals surface area contributed by atoms with Crippen LogP contribution in [0.15, 0.2) is 12.1 Å². The number of carboxylic acids is 1. The van der Waals surface area contributed by atoms with E-state index in [0.29, 0.717) is 0 Å². The molecule has 0 bridgehead atoms. The van der Waals surface area contributed by atoms with Crippen molar-refractivity contribution in [2.75, 3.05) is 20.8 Å². The van der Waals surface area contributed by atoms with Crippen molar-refractivity contribution in [3.8, 4) is 11.5 Å². The molecular formula is C14H19N3O9. The van der Waals surface area contributed by atoms with E-state index in [1.807, 2.05) is 5.48 Å². The molecule has 0 spiro atoms. The van der Waals surface area contributed by atoms with Gasteiger partial charge in [-0.1, -0.05) is 0 Å². The first kappa shape index (κ1) is 20.9. The Morgan fingerprint density at radius 2 is 1.92 bits per heavy atom. The standard InChI is InChI=1S/C14H19N3O9/c1-23-11-5-8(10(17(21)22)6-12(11)24-2)7-25-14(20)16-26-4-3-9(15)13(18)19/h5-6,9H,3-4,7,15H2,1-2H3,(H,16,20)(H,18,19).